The van der Waals surface area contributed by atoms with Crippen molar-refractivity contribution in [3.63, 3.8) is 0 Å². The molecule has 108 valence electrons. The van der Waals surface area contributed by atoms with Gasteiger partial charge in [0, 0.05) is 25.4 Å². The molecule has 0 heterocycles. The summed E-state index contributed by atoms with van der Waals surface area (Å²) in [5.41, 5.74) is 1.85. The zero-order chi connectivity index (χ0) is 14.5. The molecule has 0 fully saturated rings. The van der Waals surface area contributed by atoms with Gasteiger partial charge in [-0.2, -0.15) is 0 Å². The predicted molar refractivity (Wildman–Crippen MR) is 77.0 cm³/mol. The van der Waals surface area contributed by atoms with E-state index in [0.29, 0.717) is 6.61 Å². The van der Waals surface area contributed by atoms with Crippen molar-refractivity contribution < 1.29 is 13.2 Å². The number of rotatable bonds is 7. The highest BCUT2D eigenvalue weighted by Crippen LogP contribution is 2.21. The number of hydrogen-bond acceptors (Lipinski definition) is 4. The van der Waals surface area contributed by atoms with Crippen molar-refractivity contribution in [2.45, 2.75) is 31.2 Å². The molecule has 1 rings (SSSR count). The van der Waals surface area contributed by atoms with Crippen molar-refractivity contribution in [3.05, 3.63) is 23.8 Å². The molecule has 0 bridgehead atoms. The molecule has 0 aliphatic rings. The van der Waals surface area contributed by atoms with Crippen LogP contribution in [0.1, 0.15) is 18.9 Å². The van der Waals surface area contributed by atoms with Crippen molar-refractivity contribution in [2.75, 3.05) is 26.1 Å². The third kappa shape index (κ3) is 4.49. The number of anilines is 1. The molecule has 19 heavy (non-hydrogen) atoms. The van der Waals surface area contributed by atoms with Crippen LogP contribution in [0.15, 0.2) is 23.1 Å². The predicted octanol–water partition coefficient (Wildman–Crippen LogP) is 1.74. The van der Waals surface area contributed by atoms with Crippen molar-refractivity contribution in [1.82, 2.24) is 4.72 Å². The van der Waals surface area contributed by atoms with E-state index in [4.69, 9.17) is 4.74 Å². The average Bonchev–Trinajstić information content (AvgIpc) is 2.38. The minimum Gasteiger partial charge on any atom is -0.385 e. The molecule has 0 aliphatic carbocycles. The molecule has 0 saturated heterocycles. The van der Waals surface area contributed by atoms with Gasteiger partial charge in [-0.15, -0.1) is 0 Å². The zero-order valence-electron chi connectivity index (χ0n) is 11.9. The van der Waals surface area contributed by atoms with Gasteiger partial charge in [0.1, 0.15) is 0 Å². The van der Waals surface area contributed by atoms with Crippen LogP contribution in [0.25, 0.3) is 0 Å². The van der Waals surface area contributed by atoms with Crippen molar-refractivity contribution in [3.8, 4) is 0 Å². The SMILES string of the molecule is CNS(=O)(=O)c1ccc(C)c(NC(C)CCOC)c1. The summed E-state index contributed by atoms with van der Waals surface area (Å²) < 4.78 is 30.9. The van der Waals surface area contributed by atoms with Crippen LogP contribution in [0.3, 0.4) is 0 Å². The number of benzene rings is 1. The molecule has 0 aromatic heterocycles. The largest absolute Gasteiger partial charge is 0.385 e. The molecule has 6 heteroatoms. The van der Waals surface area contributed by atoms with E-state index < -0.39 is 10.0 Å². The second-order valence-corrected chi connectivity index (χ2v) is 6.40. The molecule has 0 radical (unpaired) electrons. The Morgan fingerprint density at radius 1 is 1.37 bits per heavy atom. The van der Waals surface area contributed by atoms with Crippen LogP contribution in [-0.4, -0.2) is 35.2 Å². The minimum absolute atomic E-state index is 0.214. The number of ether oxygens (including phenoxy) is 1. The molecular weight excluding hydrogens is 264 g/mol. The molecule has 1 aromatic carbocycles. The molecular formula is C13H22N2O3S. The second kappa shape index (κ2) is 6.88. The Kier molecular flexibility index (Phi) is 5.78. The first-order valence-electron chi connectivity index (χ1n) is 6.20. The lowest BCUT2D eigenvalue weighted by atomic mass is 10.1. The highest BCUT2D eigenvalue weighted by Gasteiger charge is 2.13. The van der Waals surface area contributed by atoms with Crippen LogP contribution in [-0.2, 0) is 14.8 Å². The topological polar surface area (TPSA) is 67.4 Å². The lowest BCUT2D eigenvalue weighted by molar-refractivity contribution is 0.191. The van der Waals surface area contributed by atoms with Gasteiger partial charge < -0.3 is 10.1 Å². The van der Waals surface area contributed by atoms with Gasteiger partial charge in [0.15, 0.2) is 0 Å². The van der Waals surface area contributed by atoms with Gasteiger partial charge in [0.25, 0.3) is 0 Å². The fourth-order valence-electron chi connectivity index (χ4n) is 1.67. The van der Waals surface area contributed by atoms with Crippen LogP contribution >= 0.6 is 0 Å². The van der Waals surface area contributed by atoms with Gasteiger partial charge in [0.05, 0.1) is 4.90 Å². The van der Waals surface area contributed by atoms with E-state index in [1.54, 1.807) is 25.3 Å². The zero-order valence-corrected chi connectivity index (χ0v) is 12.7. The Morgan fingerprint density at radius 2 is 2.05 bits per heavy atom. The summed E-state index contributed by atoms with van der Waals surface area (Å²) >= 11 is 0. The van der Waals surface area contributed by atoms with E-state index in [0.717, 1.165) is 17.7 Å². The number of hydrogen-bond donors (Lipinski definition) is 2. The van der Waals surface area contributed by atoms with Gasteiger partial charge in [-0.05, 0) is 45.0 Å². The summed E-state index contributed by atoms with van der Waals surface area (Å²) in [5.74, 6) is 0. The van der Waals surface area contributed by atoms with Gasteiger partial charge in [-0.1, -0.05) is 6.07 Å². The van der Waals surface area contributed by atoms with Crippen LogP contribution in [0.2, 0.25) is 0 Å². The van der Waals surface area contributed by atoms with E-state index >= 15 is 0 Å². The van der Waals surface area contributed by atoms with Crippen LogP contribution in [0.4, 0.5) is 5.69 Å². The first-order valence-corrected chi connectivity index (χ1v) is 7.68. The Labute approximate surface area is 115 Å². The molecule has 0 amide bonds. The summed E-state index contributed by atoms with van der Waals surface area (Å²) in [6, 6.07) is 5.28. The van der Waals surface area contributed by atoms with E-state index in [1.165, 1.54) is 7.05 Å². The van der Waals surface area contributed by atoms with E-state index in [2.05, 4.69) is 10.0 Å². The fourth-order valence-corrected chi connectivity index (χ4v) is 2.43. The first kappa shape index (κ1) is 15.9. The van der Waals surface area contributed by atoms with Crippen LogP contribution in [0.5, 0.6) is 0 Å². The molecule has 1 unspecified atom stereocenters. The summed E-state index contributed by atoms with van der Waals surface area (Å²) in [4.78, 5) is 0.266. The monoisotopic (exact) mass is 286 g/mol. The second-order valence-electron chi connectivity index (χ2n) is 4.51. The standard InChI is InChI=1S/C13H22N2O3S/c1-10-5-6-12(19(16,17)14-3)9-13(10)15-11(2)7-8-18-4/h5-6,9,11,14-15H,7-8H2,1-4H3. The summed E-state index contributed by atoms with van der Waals surface area (Å²) in [6.07, 6.45) is 0.860. The van der Waals surface area contributed by atoms with E-state index in [1.807, 2.05) is 13.8 Å². The molecule has 2 N–H and O–H groups in total. The van der Waals surface area contributed by atoms with Gasteiger partial charge in [-0.25, -0.2) is 13.1 Å². The molecule has 0 saturated carbocycles. The third-order valence-corrected chi connectivity index (χ3v) is 4.36. The van der Waals surface area contributed by atoms with Crippen LogP contribution < -0.4 is 10.0 Å². The van der Waals surface area contributed by atoms with Crippen molar-refractivity contribution >= 4 is 15.7 Å². The fraction of sp³-hybridized carbons (Fsp3) is 0.538. The minimum atomic E-state index is -3.40. The number of sulfonamides is 1. The number of aryl methyl sites for hydroxylation is 1. The van der Waals surface area contributed by atoms with Crippen molar-refractivity contribution in [2.24, 2.45) is 0 Å². The lowest BCUT2D eigenvalue weighted by Gasteiger charge is -2.17. The Balaban J connectivity index is 2.92. The van der Waals surface area contributed by atoms with E-state index in [9.17, 15) is 8.42 Å². The number of methoxy groups -OCH3 is 1. The highest BCUT2D eigenvalue weighted by molar-refractivity contribution is 7.89. The normalized spacial score (nSPS) is 13.3. The van der Waals surface area contributed by atoms with E-state index in [-0.39, 0.29) is 10.9 Å². The Hall–Kier alpha value is -1.11. The highest BCUT2D eigenvalue weighted by atomic mass is 32.2. The summed E-state index contributed by atoms with van der Waals surface area (Å²) in [7, 11) is -0.334. The maximum absolute atomic E-state index is 11.8. The summed E-state index contributed by atoms with van der Waals surface area (Å²) in [5, 5.41) is 3.31. The Bertz CT molecular complexity index is 515. The van der Waals surface area contributed by atoms with Crippen LogP contribution in [0, 0.1) is 6.92 Å². The van der Waals surface area contributed by atoms with Gasteiger partial charge >= 0.3 is 0 Å². The van der Waals surface area contributed by atoms with Gasteiger partial charge in [-0.3, -0.25) is 0 Å². The smallest absolute Gasteiger partial charge is 0.240 e. The first-order chi connectivity index (χ1) is 8.90. The molecule has 0 spiro atoms. The number of nitrogens with one attached hydrogen (secondary N) is 2. The maximum Gasteiger partial charge on any atom is 0.240 e. The van der Waals surface area contributed by atoms with Crippen molar-refractivity contribution in [1.29, 1.82) is 0 Å². The maximum atomic E-state index is 11.8. The lowest BCUT2D eigenvalue weighted by Crippen LogP contribution is -2.20. The van der Waals surface area contributed by atoms with Gasteiger partial charge in [0.2, 0.25) is 10.0 Å². The quantitative estimate of drug-likeness (QED) is 0.801. The molecule has 1 atom stereocenters. The average molecular weight is 286 g/mol. The molecule has 5 nitrogen and oxygen atoms in total. The molecule has 0 aliphatic heterocycles. The third-order valence-electron chi connectivity index (χ3n) is 2.94. The Morgan fingerprint density at radius 3 is 2.63 bits per heavy atom. The summed E-state index contributed by atoms with van der Waals surface area (Å²) in [6.45, 7) is 4.65. The molecule has 1 aromatic rings.